The lowest BCUT2D eigenvalue weighted by atomic mass is 10.3. The van der Waals surface area contributed by atoms with E-state index in [1.165, 1.54) is 11.3 Å². The maximum atomic E-state index is 12.2. The number of anilines is 1. The zero-order valence-electron chi connectivity index (χ0n) is 11.2. The van der Waals surface area contributed by atoms with Crippen LogP contribution in [0.3, 0.4) is 0 Å². The molecular formula is C14H13Cl2NO3S. The molecule has 0 bridgehead atoms. The van der Waals surface area contributed by atoms with Crippen molar-refractivity contribution < 1.29 is 14.3 Å². The van der Waals surface area contributed by atoms with Gasteiger partial charge < -0.3 is 14.8 Å². The predicted octanol–water partition coefficient (Wildman–Crippen LogP) is 4.33. The Morgan fingerprint density at radius 2 is 2.10 bits per heavy atom. The van der Waals surface area contributed by atoms with Crippen LogP contribution in [0.1, 0.15) is 9.67 Å². The Morgan fingerprint density at radius 3 is 2.76 bits per heavy atom. The molecule has 1 heterocycles. The molecular weight excluding hydrogens is 333 g/mol. The maximum Gasteiger partial charge on any atom is 0.267 e. The van der Waals surface area contributed by atoms with E-state index in [4.69, 9.17) is 32.7 Å². The number of halogens is 2. The van der Waals surface area contributed by atoms with Gasteiger partial charge in [-0.05, 0) is 29.6 Å². The number of benzene rings is 1. The Balaban J connectivity index is 2.16. The minimum Gasteiger partial charge on any atom is -0.489 e. The summed E-state index contributed by atoms with van der Waals surface area (Å²) < 4.78 is 10.5. The van der Waals surface area contributed by atoms with E-state index in [2.05, 4.69) is 5.32 Å². The first-order valence-corrected chi connectivity index (χ1v) is 7.71. The molecule has 0 aliphatic rings. The SMILES string of the molecule is COCCOc1ccc(Cl)cc1NC(=O)c1sccc1Cl. The molecule has 0 radical (unpaired) electrons. The van der Waals surface area contributed by atoms with Gasteiger partial charge in [0.1, 0.15) is 17.2 Å². The van der Waals surface area contributed by atoms with E-state index in [1.807, 2.05) is 0 Å². The van der Waals surface area contributed by atoms with Gasteiger partial charge in [-0.25, -0.2) is 0 Å². The van der Waals surface area contributed by atoms with E-state index in [0.29, 0.717) is 39.6 Å². The third-order valence-corrected chi connectivity index (χ3v) is 4.13. The summed E-state index contributed by atoms with van der Waals surface area (Å²) in [6, 6.07) is 6.69. The summed E-state index contributed by atoms with van der Waals surface area (Å²) in [6.07, 6.45) is 0. The highest BCUT2D eigenvalue weighted by atomic mass is 35.5. The molecule has 0 aliphatic heterocycles. The van der Waals surface area contributed by atoms with Crippen LogP contribution in [0.2, 0.25) is 10.0 Å². The number of amides is 1. The lowest BCUT2D eigenvalue weighted by molar-refractivity contribution is 0.102. The molecule has 0 atom stereocenters. The molecule has 4 nitrogen and oxygen atoms in total. The van der Waals surface area contributed by atoms with Crippen LogP contribution in [0.4, 0.5) is 5.69 Å². The van der Waals surface area contributed by atoms with Crippen molar-refractivity contribution in [3.05, 3.63) is 44.6 Å². The van der Waals surface area contributed by atoms with Crippen molar-refractivity contribution in [3.63, 3.8) is 0 Å². The van der Waals surface area contributed by atoms with Crippen LogP contribution in [-0.2, 0) is 4.74 Å². The Morgan fingerprint density at radius 1 is 1.29 bits per heavy atom. The molecule has 1 aromatic heterocycles. The average Bonchev–Trinajstić information content (AvgIpc) is 2.88. The molecule has 21 heavy (non-hydrogen) atoms. The van der Waals surface area contributed by atoms with Crippen LogP contribution in [0.25, 0.3) is 0 Å². The van der Waals surface area contributed by atoms with Gasteiger partial charge in [-0.2, -0.15) is 0 Å². The molecule has 1 amide bonds. The molecule has 7 heteroatoms. The first kappa shape index (κ1) is 16.1. The fourth-order valence-electron chi connectivity index (χ4n) is 1.60. The molecule has 0 unspecified atom stereocenters. The van der Waals surface area contributed by atoms with Gasteiger partial charge in [-0.1, -0.05) is 23.2 Å². The first-order valence-electron chi connectivity index (χ1n) is 6.07. The zero-order chi connectivity index (χ0) is 15.2. The highest BCUT2D eigenvalue weighted by Gasteiger charge is 2.14. The second-order valence-corrected chi connectivity index (χ2v) is 5.79. The second kappa shape index (κ2) is 7.66. The molecule has 0 saturated carbocycles. The Hall–Kier alpha value is -1.27. The van der Waals surface area contributed by atoms with Gasteiger partial charge in [0, 0.05) is 12.1 Å². The van der Waals surface area contributed by atoms with Crippen molar-refractivity contribution in [2.75, 3.05) is 25.6 Å². The molecule has 0 spiro atoms. The van der Waals surface area contributed by atoms with E-state index < -0.39 is 0 Å². The summed E-state index contributed by atoms with van der Waals surface area (Å²) in [5.41, 5.74) is 0.494. The van der Waals surface area contributed by atoms with E-state index in [1.54, 1.807) is 36.8 Å². The van der Waals surface area contributed by atoms with Crippen LogP contribution < -0.4 is 10.1 Å². The van der Waals surface area contributed by atoms with Gasteiger partial charge in [-0.3, -0.25) is 4.79 Å². The number of carbonyl (C=O) groups excluding carboxylic acids is 1. The monoisotopic (exact) mass is 345 g/mol. The number of hydrogen-bond acceptors (Lipinski definition) is 4. The first-order chi connectivity index (χ1) is 10.1. The largest absolute Gasteiger partial charge is 0.489 e. The highest BCUT2D eigenvalue weighted by molar-refractivity contribution is 7.12. The Kier molecular flexibility index (Phi) is 5.87. The van der Waals surface area contributed by atoms with Crippen molar-refractivity contribution in [2.45, 2.75) is 0 Å². The molecule has 1 aromatic carbocycles. The van der Waals surface area contributed by atoms with Crippen LogP contribution in [0, 0.1) is 0 Å². The van der Waals surface area contributed by atoms with Crippen LogP contribution >= 0.6 is 34.5 Å². The quantitative estimate of drug-likeness (QED) is 0.792. The lowest BCUT2D eigenvalue weighted by Gasteiger charge is -2.12. The number of carbonyl (C=O) groups is 1. The predicted molar refractivity (Wildman–Crippen MR) is 86.1 cm³/mol. The zero-order valence-corrected chi connectivity index (χ0v) is 13.5. The lowest BCUT2D eigenvalue weighted by Crippen LogP contribution is -2.13. The minimum absolute atomic E-state index is 0.297. The molecule has 0 fully saturated rings. The third kappa shape index (κ3) is 4.35. The summed E-state index contributed by atoms with van der Waals surface area (Å²) in [5, 5.41) is 5.43. The van der Waals surface area contributed by atoms with Gasteiger partial charge in [0.25, 0.3) is 5.91 Å². The molecule has 1 N–H and O–H groups in total. The summed E-state index contributed by atoms with van der Waals surface area (Å²) in [4.78, 5) is 12.6. The highest BCUT2D eigenvalue weighted by Crippen LogP contribution is 2.30. The van der Waals surface area contributed by atoms with Gasteiger partial charge in [0.05, 0.1) is 17.3 Å². The van der Waals surface area contributed by atoms with E-state index in [-0.39, 0.29) is 5.91 Å². The summed E-state index contributed by atoms with van der Waals surface area (Å²) in [6.45, 7) is 0.827. The number of thiophene rings is 1. The van der Waals surface area contributed by atoms with Gasteiger partial charge in [0.2, 0.25) is 0 Å². The van der Waals surface area contributed by atoms with Crippen molar-refractivity contribution in [3.8, 4) is 5.75 Å². The number of hydrogen-bond donors (Lipinski definition) is 1. The van der Waals surface area contributed by atoms with Gasteiger partial charge in [0.15, 0.2) is 0 Å². The standard InChI is InChI=1S/C14H13Cl2NO3S/c1-19-5-6-20-12-3-2-9(15)8-11(12)17-14(18)13-10(16)4-7-21-13/h2-4,7-8H,5-6H2,1H3,(H,17,18). The van der Waals surface area contributed by atoms with Crippen LogP contribution in [0.5, 0.6) is 5.75 Å². The van der Waals surface area contributed by atoms with E-state index in [0.717, 1.165) is 0 Å². The molecule has 2 aromatic rings. The van der Waals surface area contributed by atoms with Gasteiger partial charge in [-0.15, -0.1) is 11.3 Å². The summed E-state index contributed by atoms with van der Waals surface area (Å²) in [7, 11) is 1.59. The molecule has 0 saturated heterocycles. The van der Waals surface area contributed by atoms with Crippen LogP contribution in [-0.4, -0.2) is 26.2 Å². The van der Waals surface area contributed by atoms with Crippen molar-refractivity contribution in [1.29, 1.82) is 0 Å². The normalized spacial score (nSPS) is 10.4. The second-order valence-electron chi connectivity index (χ2n) is 4.03. The van der Waals surface area contributed by atoms with Crippen molar-refractivity contribution in [1.82, 2.24) is 0 Å². The third-order valence-electron chi connectivity index (χ3n) is 2.56. The summed E-state index contributed by atoms with van der Waals surface area (Å²) >= 11 is 13.2. The average molecular weight is 346 g/mol. The molecule has 112 valence electrons. The number of nitrogens with one attached hydrogen (secondary N) is 1. The van der Waals surface area contributed by atoms with E-state index >= 15 is 0 Å². The van der Waals surface area contributed by atoms with Gasteiger partial charge >= 0.3 is 0 Å². The van der Waals surface area contributed by atoms with Crippen LogP contribution in [0.15, 0.2) is 29.6 Å². The number of rotatable bonds is 6. The number of methoxy groups -OCH3 is 1. The van der Waals surface area contributed by atoms with Crippen molar-refractivity contribution >= 4 is 46.1 Å². The number of ether oxygens (including phenoxy) is 2. The fraction of sp³-hybridized carbons (Fsp3) is 0.214. The summed E-state index contributed by atoms with van der Waals surface area (Å²) in [5.74, 6) is 0.228. The van der Waals surface area contributed by atoms with Crippen molar-refractivity contribution in [2.24, 2.45) is 0 Å². The fourth-order valence-corrected chi connectivity index (χ4v) is 2.80. The van der Waals surface area contributed by atoms with E-state index in [9.17, 15) is 4.79 Å². The topological polar surface area (TPSA) is 47.6 Å². The molecule has 0 aliphatic carbocycles. The Labute approximate surface area is 136 Å². The minimum atomic E-state index is -0.297. The molecule has 2 rings (SSSR count). The smallest absolute Gasteiger partial charge is 0.267 e. The Bertz CT molecular complexity index is 630. The maximum absolute atomic E-state index is 12.2.